The van der Waals surface area contributed by atoms with Crippen molar-refractivity contribution in [3.05, 3.63) is 60.2 Å². The lowest BCUT2D eigenvalue weighted by atomic mass is 9.89. The van der Waals surface area contributed by atoms with E-state index in [0.29, 0.717) is 24.6 Å². The molecule has 5 heteroatoms. The first-order chi connectivity index (χ1) is 14.2. The van der Waals surface area contributed by atoms with Gasteiger partial charge in [0.25, 0.3) is 5.91 Å². The van der Waals surface area contributed by atoms with Crippen molar-refractivity contribution in [3.8, 4) is 5.75 Å². The third-order valence-electron chi connectivity index (χ3n) is 6.16. The van der Waals surface area contributed by atoms with Crippen molar-refractivity contribution < 1.29 is 19.2 Å². The molecule has 0 unspecified atom stereocenters. The molecule has 4 rings (SSSR count). The number of nitrogens with one attached hydrogen (secondary N) is 1. The predicted octanol–water partition coefficient (Wildman–Crippen LogP) is 2.25. The first-order valence-corrected chi connectivity index (χ1v) is 10.6. The molecule has 29 heavy (non-hydrogen) atoms. The molecular weight excluding hydrogens is 364 g/mol. The fraction of sp³-hybridized carbons (Fsp3) is 0.417. The van der Waals surface area contributed by atoms with Gasteiger partial charge in [-0.3, -0.25) is 9.59 Å². The third kappa shape index (κ3) is 4.35. The molecule has 2 aliphatic rings. The monoisotopic (exact) mass is 393 g/mol. The standard InChI is InChI=1S/C24H28N2O3/c1-2-29-21-10-8-20(9-11-21)26-23(27)17-22(24(26)28)25-14-12-19(13-15-25)16-18-6-4-3-5-7-18/h3-11,19,22H,2,12-17H2,1H3/p+1/t22-/m0/s1. The van der Waals surface area contributed by atoms with Crippen molar-refractivity contribution in [1.29, 1.82) is 0 Å². The largest absolute Gasteiger partial charge is 0.494 e. The van der Waals surface area contributed by atoms with E-state index in [1.54, 1.807) is 12.1 Å². The molecule has 1 N–H and O–H groups in total. The van der Waals surface area contributed by atoms with Crippen LogP contribution in [-0.4, -0.2) is 37.6 Å². The van der Waals surface area contributed by atoms with Gasteiger partial charge in [0, 0.05) is 0 Å². The van der Waals surface area contributed by atoms with Crippen LogP contribution in [-0.2, 0) is 16.0 Å². The Bertz CT molecular complexity index is 842. The summed E-state index contributed by atoms with van der Waals surface area (Å²) >= 11 is 0. The van der Waals surface area contributed by atoms with Crippen LogP contribution in [0.1, 0.15) is 31.7 Å². The molecule has 0 bridgehead atoms. The van der Waals surface area contributed by atoms with Crippen LogP contribution < -0.4 is 14.5 Å². The topological polar surface area (TPSA) is 51.0 Å². The van der Waals surface area contributed by atoms with Gasteiger partial charge in [-0.2, -0.15) is 0 Å². The summed E-state index contributed by atoms with van der Waals surface area (Å²) in [6, 6.07) is 17.6. The van der Waals surface area contributed by atoms with E-state index in [9.17, 15) is 9.59 Å². The number of hydrogen-bond acceptors (Lipinski definition) is 3. The number of carbonyl (C=O) groups excluding carboxylic acids is 2. The van der Waals surface area contributed by atoms with Crippen molar-refractivity contribution in [2.45, 2.75) is 38.6 Å². The second kappa shape index (κ2) is 8.78. The summed E-state index contributed by atoms with van der Waals surface area (Å²) in [5.41, 5.74) is 2.03. The van der Waals surface area contributed by atoms with Crippen LogP contribution >= 0.6 is 0 Å². The molecule has 152 valence electrons. The molecule has 2 fully saturated rings. The molecule has 0 saturated carbocycles. The Morgan fingerprint density at radius 1 is 1.00 bits per heavy atom. The average molecular weight is 394 g/mol. The zero-order valence-electron chi connectivity index (χ0n) is 17.0. The maximum Gasteiger partial charge on any atom is 0.292 e. The highest BCUT2D eigenvalue weighted by molar-refractivity contribution is 6.21. The highest BCUT2D eigenvalue weighted by Gasteiger charge is 2.46. The van der Waals surface area contributed by atoms with Crippen LogP contribution in [0.4, 0.5) is 5.69 Å². The minimum atomic E-state index is -0.244. The van der Waals surface area contributed by atoms with E-state index in [1.165, 1.54) is 15.4 Å². The molecule has 0 spiro atoms. The summed E-state index contributed by atoms with van der Waals surface area (Å²) < 4.78 is 5.45. The number of rotatable bonds is 6. The number of nitrogens with zero attached hydrogens (tertiary/aromatic N) is 1. The first-order valence-electron chi connectivity index (χ1n) is 10.6. The van der Waals surface area contributed by atoms with Crippen molar-refractivity contribution >= 4 is 17.5 Å². The summed E-state index contributed by atoms with van der Waals surface area (Å²) in [4.78, 5) is 28.3. The minimum Gasteiger partial charge on any atom is -0.494 e. The third-order valence-corrected chi connectivity index (χ3v) is 6.16. The Hall–Kier alpha value is -2.66. The molecule has 2 amide bonds. The lowest BCUT2D eigenvalue weighted by Gasteiger charge is -2.32. The predicted molar refractivity (Wildman–Crippen MR) is 112 cm³/mol. The fourth-order valence-electron chi connectivity index (χ4n) is 4.63. The van der Waals surface area contributed by atoms with Gasteiger partial charge >= 0.3 is 0 Å². The van der Waals surface area contributed by atoms with Gasteiger partial charge in [0.1, 0.15) is 5.75 Å². The van der Waals surface area contributed by atoms with Crippen LogP contribution in [0.2, 0.25) is 0 Å². The van der Waals surface area contributed by atoms with Gasteiger partial charge < -0.3 is 9.64 Å². The van der Waals surface area contributed by atoms with Gasteiger partial charge in [-0.15, -0.1) is 0 Å². The zero-order chi connectivity index (χ0) is 20.2. The summed E-state index contributed by atoms with van der Waals surface area (Å²) in [5.74, 6) is 1.26. The number of carbonyl (C=O) groups is 2. The van der Waals surface area contributed by atoms with Crippen LogP contribution in [0.3, 0.4) is 0 Å². The van der Waals surface area contributed by atoms with Gasteiger partial charge in [-0.1, -0.05) is 30.3 Å². The molecule has 2 saturated heterocycles. The summed E-state index contributed by atoms with van der Waals surface area (Å²) in [7, 11) is 0. The fourth-order valence-corrected chi connectivity index (χ4v) is 4.63. The summed E-state index contributed by atoms with van der Waals surface area (Å²) in [6.45, 7) is 4.43. The Morgan fingerprint density at radius 3 is 2.34 bits per heavy atom. The number of anilines is 1. The molecule has 2 aliphatic heterocycles. The van der Waals surface area contributed by atoms with E-state index in [2.05, 4.69) is 30.3 Å². The van der Waals surface area contributed by atoms with Crippen molar-refractivity contribution in [3.63, 3.8) is 0 Å². The van der Waals surface area contributed by atoms with Gasteiger partial charge in [0.05, 0.1) is 31.8 Å². The zero-order valence-corrected chi connectivity index (χ0v) is 17.0. The highest BCUT2D eigenvalue weighted by atomic mass is 16.5. The first kappa shape index (κ1) is 19.6. The van der Waals surface area contributed by atoms with E-state index in [1.807, 2.05) is 19.1 Å². The number of amides is 2. The van der Waals surface area contributed by atoms with Crippen molar-refractivity contribution in [2.24, 2.45) is 5.92 Å². The van der Waals surface area contributed by atoms with Gasteiger partial charge in [-0.25, -0.2) is 4.90 Å². The Kier molecular flexibility index (Phi) is 5.95. The number of ether oxygens (including phenoxy) is 1. The van der Waals surface area contributed by atoms with Gasteiger partial charge in [-0.05, 0) is 61.9 Å². The number of likely N-dealkylation sites (tertiary alicyclic amines) is 1. The SMILES string of the molecule is CCOc1ccc(N2C(=O)C[C@H]([NH+]3CCC(Cc4ccccc4)CC3)C2=O)cc1. The Labute approximate surface area is 172 Å². The molecule has 2 heterocycles. The lowest BCUT2D eigenvalue weighted by molar-refractivity contribution is -0.920. The number of imide groups is 1. The smallest absolute Gasteiger partial charge is 0.292 e. The molecular formula is C24H29N2O3+. The van der Waals surface area contributed by atoms with Crippen LogP contribution in [0.15, 0.2) is 54.6 Å². The summed E-state index contributed by atoms with van der Waals surface area (Å²) in [5, 5.41) is 0. The van der Waals surface area contributed by atoms with Crippen molar-refractivity contribution in [2.75, 3.05) is 24.6 Å². The lowest BCUT2D eigenvalue weighted by Crippen LogP contribution is -3.17. The quantitative estimate of drug-likeness (QED) is 0.766. The van der Waals surface area contributed by atoms with Crippen LogP contribution in [0.25, 0.3) is 0 Å². The minimum absolute atomic E-state index is 0.0596. The van der Waals surface area contributed by atoms with E-state index < -0.39 is 0 Å². The second-order valence-electron chi connectivity index (χ2n) is 8.04. The van der Waals surface area contributed by atoms with Crippen LogP contribution in [0, 0.1) is 5.92 Å². The van der Waals surface area contributed by atoms with Gasteiger partial charge in [0.15, 0.2) is 6.04 Å². The molecule has 5 nitrogen and oxygen atoms in total. The molecule has 2 aromatic carbocycles. The summed E-state index contributed by atoms with van der Waals surface area (Å²) in [6.07, 6.45) is 3.62. The van der Waals surface area contributed by atoms with Crippen molar-refractivity contribution in [1.82, 2.24) is 0 Å². The van der Waals surface area contributed by atoms with E-state index in [4.69, 9.17) is 4.74 Å². The molecule has 0 aliphatic carbocycles. The van der Waals surface area contributed by atoms with E-state index in [0.717, 1.165) is 38.1 Å². The molecule has 0 aromatic heterocycles. The van der Waals surface area contributed by atoms with E-state index >= 15 is 0 Å². The number of hydrogen-bond donors (Lipinski definition) is 1. The number of piperidine rings is 1. The molecule has 2 aromatic rings. The second-order valence-corrected chi connectivity index (χ2v) is 8.04. The maximum atomic E-state index is 13.1. The molecule has 0 radical (unpaired) electrons. The average Bonchev–Trinajstić information content (AvgIpc) is 3.04. The normalized spacial score (nSPS) is 24.7. The van der Waals surface area contributed by atoms with Crippen LogP contribution in [0.5, 0.6) is 5.75 Å². The Balaban J connectivity index is 1.36. The van der Waals surface area contributed by atoms with Gasteiger partial charge in [0.2, 0.25) is 5.91 Å². The molecule has 1 atom stereocenters. The maximum absolute atomic E-state index is 13.1. The Morgan fingerprint density at radius 2 is 1.69 bits per heavy atom. The highest BCUT2D eigenvalue weighted by Crippen LogP contribution is 2.25. The van der Waals surface area contributed by atoms with E-state index in [-0.39, 0.29) is 17.9 Å². The number of benzene rings is 2. The number of quaternary nitrogens is 1.